The zero-order chi connectivity index (χ0) is 12.6. The third kappa shape index (κ3) is 4.21. The van der Waals surface area contributed by atoms with E-state index in [1.807, 2.05) is 11.8 Å². The van der Waals surface area contributed by atoms with Crippen LogP contribution in [-0.4, -0.2) is 12.3 Å². The predicted molar refractivity (Wildman–Crippen MR) is 80.0 cm³/mol. The fourth-order valence-electron chi connectivity index (χ4n) is 1.82. The molecule has 0 spiro atoms. The highest BCUT2D eigenvalue weighted by Gasteiger charge is 2.02. The van der Waals surface area contributed by atoms with Crippen molar-refractivity contribution in [3.8, 4) is 0 Å². The molecule has 1 nitrogen and oxygen atoms in total. The van der Waals surface area contributed by atoms with Gasteiger partial charge in [-0.2, -0.15) is 0 Å². The number of benzene rings is 2. The van der Waals surface area contributed by atoms with Crippen LogP contribution in [0.25, 0.3) is 0 Å². The molecule has 0 aromatic heterocycles. The van der Waals surface area contributed by atoms with Crippen LogP contribution in [-0.2, 0) is 0 Å². The van der Waals surface area contributed by atoms with E-state index in [9.17, 15) is 0 Å². The molecule has 94 valence electrons. The van der Waals surface area contributed by atoms with E-state index in [1.165, 1.54) is 10.5 Å². The first-order chi connectivity index (χ1) is 8.86. The van der Waals surface area contributed by atoms with Crippen molar-refractivity contribution < 1.29 is 0 Å². The average molecular weight is 257 g/mol. The molecule has 0 saturated carbocycles. The highest BCUT2D eigenvalue weighted by atomic mass is 32.2. The number of hydrogen-bond donors (Lipinski definition) is 1. The molecule has 2 rings (SSSR count). The van der Waals surface area contributed by atoms with E-state index in [1.54, 1.807) is 0 Å². The monoisotopic (exact) mass is 257 g/mol. The molecule has 0 saturated heterocycles. The van der Waals surface area contributed by atoms with Gasteiger partial charge >= 0.3 is 0 Å². The molecule has 0 aliphatic heterocycles. The first-order valence-corrected chi connectivity index (χ1v) is 7.31. The van der Waals surface area contributed by atoms with Gasteiger partial charge in [0.05, 0.1) is 0 Å². The summed E-state index contributed by atoms with van der Waals surface area (Å²) in [4.78, 5) is 1.34. The second-order valence-corrected chi connectivity index (χ2v) is 5.42. The molecule has 2 aromatic carbocycles. The Kier molecular flexibility index (Phi) is 5.31. The molecule has 0 aliphatic rings. The van der Waals surface area contributed by atoms with Gasteiger partial charge in [-0.3, -0.25) is 0 Å². The van der Waals surface area contributed by atoms with Crippen LogP contribution in [0.1, 0.15) is 18.5 Å². The van der Waals surface area contributed by atoms with Gasteiger partial charge in [0.1, 0.15) is 0 Å². The molecular formula is C16H19NS. The van der Waals surface area contributed by atoms with E-state index in [2.05, 4.69) is 72.9 Å². The highest BCUT2D eigenvalue weighted by molar-refractivity contribution is 7.99. The minimum absolute atomic E-state index is 0.419. The maximum Gasteiger partial charge on any atom is 0.0292 e. The van der Waals surface area contributed by atoms with Gasteiger partial charge in [-0.15, -0.1) is 11.8 Å². The second kappa shape index (κ2) is 7.24. The van der Waals surface area contributed by atoms with Crippen LogP contribution in [0.3, 0.4) is 0 Å². The summed E-state index contributed by atoms with van der Waals surface area (Å²) in [5.74, 6) is 1.10. The van der Waals surface area contributed by atoms with Crippen molar-refractivity contribution in [1.29, 1.82) is 0 Å². The maximum atomic E-state index is 3.55. The van der Waals surface area contributed by atoms with Gasteiger partial charge < -0.3 is 5.32 Å². The van der Waals surface area contributed by atoms with E-state index in [-0.39, 0.29) is 0 Å². The Morgan fingerprint density at radius 1 is 0.944 bits per heavy atom. The van der Waals surface area contributed by atoms with Crippen molar-refractivity contribution >= 4 is 11.8 Å². The van der Waals surface area contributed by atoms with Gasteiger partial charge in [-0.05, 0) is 24.6 Å². The zero-order valence-corrected chi connectivity index (χ0v) is 11.5. The number of nitrogens with one attached hydrogen (secondary N) is 1. The van der Waals surface area contributed by atoms with Crippen molar-refractivity contribution in [1.82, 2.24) is 5.32 Å². The Morgan fingerprint density at radius 2 is 1.56 bits per heavy atom. The van der Waals surface area contributed by atoms with Crippen molar-refractivity contribution in [3.05, 3.63) is 66.2 Å². The Balaban J connectivity index is 1.70. The summed E-state index contributed by atoms with van der Waals surface area (Å²) >= 11 is 1.90. The molecule has 0 bridgehead atoms. The van der Waals surface area contributed by atoms with Gasteiger partial charge in [0.25, 0.3) is 0 Å². The predicted octanol–water partition coefficient (Wildman–Crippen LogP) is 4.13. The summed E-state index contributed by atoms with van der Waals surface area (Å²) in [6.45, 7) is 3.23. The highest BCUT2D eigenvalue weighted by Crippen LogP contribution is 2.16. The van der Waals surface area contributed by atoms with Crippen LogP contribution in [0.2, 0.25) is 0 Å². The Hall–Kier alpha value is -1.25. The summed E-state index contributed by atoms with van der Waals surface area (Å²) in [5, 5.41) is 3.55. The van der Waals surface area contributed by atoms with Crippen LogP contribution in [0.4, 0.5) is 0 Å². The average Bonchev–Trinajstić information content (AvgIpc) is 2.45. The van der Waals surface area contributed by atoms with E-state index in [4.69, 9.17) is 0 Å². The normalized spacial score (nSPS) is 12.3. The second-order valence-electron chi connectivity index (χ2n) is 4.25. The Morgan fingerprint density at radius 3 is 2.22 bits per heavy atom. The third-order valence-electron chi connectivity index (χ3n) is 2.86. The lowest BCUT2D eigenvalue weighted by Gasteiger charge is -2.13. The van der Waals surface area contributed by atoms with Crippen molar-refractivity contribution in [2.45, 2.75) is 17.9 Å². The smallest absolute Gasteiger partial charge is 0.0292 e. The SMILES string of the molecule is C[C@H](NCCSc1ccccc1)c1ccccc1. The summed E-state index contributed by atoms with van der Waals surface area (Å²) < 4.78 is 0. The van der Waals surface area contributed by atoms with E-state index < -0.39 is 0 Å². The van der Waals surface area contributed by atoms with Crippen LogP contribution in [0.15, 0.2) is 65.6 Å². The lowest BCUT2D eigenvalue weighted by atomic mass is 10.1. The molecule has 18 heavy (non-hydrogen) atoms. The summed E-state index contributed by atoms with van der Waals surface area (Å²) in [7, 11) is 0. The molecule has 0 amide bonds. The quantitative estimate of drug-likeness (QED) is 0.617. The topological polar surface area (TPSA) is 12.0 Å². The lowest BCUT2D eigenvalue weighted by Crippen LogP contribution is -2.21. The summed E-state index contributed by atoms with van der Waals surface area (Å²) in [5.41, 5.74) is 1.35. The van der Waals surface area contributed by atoms with Crippen molar-refractivity contribution in [3.63, 3.8) is 0 Å². The fourth-order valence-corrected chi connectivity index (χ4v) is 2.63. The van der Waals surface area contributed by atoms with Gasteiger partial charge in [-0.1, -0.05) is 48.5 Å². The Labute approximate surface area is 114 Å². The zero-order valence-electron chi connectivity index (χ0n) is 10.7. The minimum atomic E-state index is 0.419. The Bertz CT molecular complexity index is 441. The van der Waals surface area contributed by atoms with E-state index in [0.29, 0.717) is 6.04 Å². The number of thioether (sulfide) groups is 1. The van der Waals surface area contributed by atoms with Crippen LogP contribution in [0, 0.1) is 0 Å². The molecule has 0 unspecified atom stereocenters. The fraction of sp³-hybridized carbons (Fsp3) is 0.250. The molecule has 2 aromatic rings. The maximum absolute atomic E-state index is 3.55. The summed E-state index contributed by atoms with van der Waals surface area (Å²) in [6.07, 6.45) is 0. The molecular weight excluding hydrogens is 238 g/mol. The first kappa shape index (κ1) is 13.2. The molecule has 0 aliphatic carbocycles. The molecule has 2 heteroatoms. The number of hydrogen-bond acceptors (Lipinski definition) is 2. The van der Waals surface area contributed by atoms with Gasteiger partial charge in [0.2, 0.25) is 0 Å². The first-order valence-electron chi connectivity index (χ1n) is 6.32. The largest absolute Gasteiger partial charge is 0.309 e. The molecule has 0 heterocycles. The minimum Gasteiger partial charge on any atom is -0.309 e. The lowest BCUT2D eigenvalue weighted by molar-refractivity contribution is 0.601. The van der Waals surface area contributed by atoms with Crippen LogP contribution >= 0.6 is 11.8 Å². The summed E-state index contributed by atoms with van der Waals surface area (Å²) in [6, 6.07) is 21.5. The van der Waals surface area contributed by atoms with E-state index in [0.717, 1.165) is 12.3 Å². The molecule has 1 N–H and O–H groups in total. The third-order valence-corrected chi connectivity index (χ3v) is 3.88. The molecule has 0 fully saturated rings. The van der Waals surface area contributed by atoms with Crippen LogP contribution in [0.5, 0.6) is 0 Å². The van der Waals surface area contributed by atoms with Crippen molar-refractivity contribution in [2.24, 2.45) is 0 Å². The standard InChI is InChI=1S/C16H19NS/c1-14(15-8-4-2-5-9-15)17-12-13-18-16-10-6-3-7-11-16/h2-11,14,17H,12-13H2,1H3/t14-/m0/s1. The van der Waals surface area contributed by atoms with Gasteiger partial charge in [-0.25, -0.2) is 0 Å². The number of rotatable bonds is 6. The van der Waals surface area contributed by atoms with E-state index >= 15 is 0 Å². The van der Waals surface area contributed by atoms with Gasteiger partial charge in [0, 0.05) is 23.2 Å². The molecule has 1 atom stereocenters. The molecule has 0 radical (unpaired) electrons. The van der Waals surface area contributed by atoms with Crippen molar-refractivity contribution in [2.75, 3.05) is 12.3 Å². The van der Waals surface area contributed by atoms with Gasteiger partial charge in [0.15, 0.2) is 0 Å². The van der Waals surface area contributed by atoms with Crippen LogP contribution < -0.4 is 5.32 Å².